The van der Waals surface area contributed by atoms with Gasteiger partial charge in [0.1, 0.15) is 5.82 Å². The third kappa shape index (κ3) is 5.67. The van der Waals surface area contributed by atoms with E-state index in [-0.39, 0.29) is 22.7 Å². The van der Waals surface area contributed by atoms with Crippen LogP contribution in [0.25, 0.3) is 0 Å². The molecule has 0 radical (unpaired) electrons. The molecule has 0 bridgehead atoms. The summed E-state index contributed by atoms with van der Waals surface area (Å²) < 4.78 is 95.3. The molecule has 8 nitrogen and oxygen atoms in total. The maximum absolute atomic E-state index is 15.1. The molecule has 2 N–H and O–H groups in total. The van der Waals surface area contributed by atoms with Crippen molar-refractivity contribution in [2.75, 3.05) is 25.2 Å². The van der Waals surface area contributed by atoms with E-state index in [1.807, 2.05) is 4.72 Å². The number of pyridine rings is 1. The summed E-state index contributed by atoms with van der Waals surface area (Å²) in [5.74, 6) is -3.64. The lowest BCUT2D eigenvalue weighted by molar-refractivity contribution is -0.190. The third-order valence-corrected chi connectivity index (χ3v) is 6.41. The third-order valence-electron chi connectivity index (χ3n) is 5.82. The second-order valence-electron chi connectivity index (χ2n) is 8.35. The van der Waals surface area contributed by atoms with Gasteiger partial charge in [-0.1, -0.05) is 24.3 Å². The van der Waals surface area contributed by atoms with Gasteiger partial charge in [-0.3, -0.25) is 14.5 Å². The van der Waals surface area contributed by atoms with E-state index in [4.69, 9.17) is 9.47 Å². The zero-order chi connectivity index (χ0) is 28.3. The molecule has 3 aromatic rings. The monoisotopic (exact) mass is 555 g/mol. The van der Waals surface area contributed by atoms with Gasteiger partial charge in [0.25, 0.3) is 0 Å². The highest BCUT2D eigenvalue weighted by molar-refractivity contribution is 7.92. The van der Waals surface area contributed by atoms with Gasteiger partial charge in [0.05, 0.1) is 32.1 Å². The van der Waals surface area contributed by atoms with E-state index >= 15 is 13.2 Å². The number of benzene rings is 2. The molecule has 3 rings (SSSR count). The number of ether oxygens (including phenoxy) is 2. The van der Waals surface area contributed by atoms with E-state index in [1.54, 1.807) is 0 Å². The van der Waals surface area contributed by atoms with Crippen molar-refractivity contribution < 1.29 is 40.2 Å². The Labute approximate surface area is 217 Å². The zero-order valence-corrected chi connectivity index (χ0v) is 21.6. The summed E-state index contributed by atoms with van der Waals surface area (Å²) in [4.78, 5) is 17.2. The minimum atomic E-state index is -5.11. The average molecular weight is 556 g/mol. The Morgan fingerprint density at radius 2 is 1.76 bits per heavy atom. The quantitative estimate of drug-likeness (QED) is 0.381. The molecule has 0 saturated carbocycles. The number of rotatable bonds is 9. The number of halogens is 4. The summed E-state index contributed by atoms with van der Waals surface area (Å²) in [6.07, 6.45) is -2.02. The van der Waals surface area contributed by atoms with Crippen molar-refractivity contribution in [1.29, 1.82) is 0 Å². The molecule has 38 heavy (non-hydrogen) atoms. The Bertz CT molecular complexity index is 1420. The van der Waals surface area contributed by atoms with E-state index in [9.17, 15) is 17.6 Å². The van der Waals surface area contributed by atoms with Crippen LogP contribution >= 0.6 is 0 Å². The van der Waals surface area contributed by atoms with Gasteiger partial charge in [-0.25, -0.2) is 12.8 Å². The number of amides is 1. The normalized spacial score (nSPS) is 14.2. The summed E-state index contributed by atoms with van der Waals surface area (Å²) in [5, 5.41) is 2.13. The molecule has 0 saturated heterocycles. The maximum Gasteiger partial charge on any atom is 0.420 e. The van der Waals surface area contributed by atoms with Crippen LogP contribution in [0.4, 0.5) is 23.2 Å². The number of aromatic nitrogens is 1. The first kappa shape index (κ1) is 28.7. The molecule has 1 heterocycles. The lowest BCUT2D eigenvalue weighted by atomic mass is 9.81. The molecular formula is C25H25F4N3O5S. The van der Waals surface area contributed by atoms with Crippen LogP contribution in [-0.4, -0.2) is 46.0 Å². The first-order valence-corrected chi connectivity index (χ1v) is 12.9. The number of nitrogens with one attached hydrogen (secondary N) is 2. The molecule has 1 amide bonds. The highest BCUT2D eigenvalue weighted by Gasteiger charge is 2.60. The van der Waals surface area contributed by atoms with E-state index in [0.717, 1.165) is 36.7 Å². The molecule has 0 spiro atoms. The smallest absolute Gasteiger partial charge is 0.420 e. The van der Waals surface area contributed by atoms with Crippen LogP contribution in [-0.2, 0) is 20.4 Å². The Morgan fingerprint density at radius 1 is 1.05 bits per heavy atom. The summed E-state index contributed by atoms with van der Waals surface area (Å²) >= 11 is 0. The lowest BCUT2D eigenvalue weighted by Crippen LogP contribution is -2.57. The van der Waals surface area contributed by atoms with Crippen LogP contribution in [0.15, 0.2) is 60.9 Å². The summed E-state index contributed by atoms with van der Waals surface area (Å²) in [5.41, 5.74) is -4.36. The number of carbonyl (C=O) groups is 1. The van der Waals surface area contributed by atoms with Gasteiger partial charge in [0.15, 0.2) is 17.0 Å². The number of carbonyl (C=O) groups excluding carboxylic acids is 1. The first-order valence-electron chi connectivity index (χ1n) is 11.0. The average Bonchev–Trinajstić information content (AvgIpc) is 2.86. The Balaban J connectivity index is 2.16. The van der Waals surface area contributed by atoms with Crippen LogP contribution in [0.1, 0.15) is 29.5 Å². The van der Waals surface area contributed by atoms with Crippen LogP contribution in [0.3, 0.4) is 0 Å². The van der Waals surface area contributed by atoms with Gasteiger partial charge in [0.2, 0.25) is 15.9 Å². The van der Waals surface area contributed by atoms with Crippen molar-refractivity contribution in [3.63, 3.8) is 0 Å². The molecule has 204 valence electrons. The van der Waals surface area contributed by atoms with Gasteiger partial charge in [-0.2, -0.15) is 13.2 Å². The Kier molecular flexibility index (Phi) is 8.20. The summed E-state index contributed by atoms with van der Waals surface area (Å²) in [6, 6.07) is 9.54. The predicted octanol–water partition coefficient (Wildman–Crippen LogP) is 4.34. The number of hydrogen-bond donors (Lipinski definition) is 2. The summed E-state index contributed by atoms with van der Waals surface area (Å²) in [7, 11) is -1.35. The van der Waals surface area contributed by atoms with Gasteiger partial charge in [0, 0.05) is 23.5 Å². The van der Waals surface area contributed by atoms with E-state index in [1.165, 1.54) is 51.6 Å². The van der Waals surface area contributed by atoms with Crippen molar-refractivity contribution in [3.8, 4) is 11.5 Å². The molecule has 0 fully saturated rings. The van der Waals surface area contributed by atoms with Crippen LogP contribution < -0.4 is 19.5 Å². The second-order valence-corrected chi connectivity index (χ2v) is 10.1. The highest BCUT2D eigenvalue weighted by atomic mass is 32.2. The second kappa shape index (κ2) is 10.9. The van der Waals surface area contributed by atoms with Crippen molar-refractivity contribution in [1.82, 2.24) is 10.3 Å². The Hall–Kier alpha value is -3.87. The summed E-state index contributed by atoms with van der Waals surface area (Å²) in [6.45, 7) is 1.29. The number of hydrogen-bond acceptors (Lipinski definition) is 6. The van der Waals surface area contributed by atoms with Gasteiger partial charge in [-0.15, -0.1) is 0 Å². The molecule has 2 unspecified atom stereocenters. The Morgan fingerprint density at radius 3 is 2.29 bits per heavy atom. The van der Waals surface area contributed by atoms with E-state index in [2.05, 4.69) is 10.3 Å². The van der Waals surface area contributed by atoms with E-state index < -0.39 is 50.5 Å². The van der Waals surface area contributed by atoms with Crippen LogP contribution in [0.2, 0.25) is 0 Å². The number of methoxy groups -OCH3 is 2. The first-order chi connectivity index (χ1) is 17.7. The highest BCUT2D eigenvalue weighted by Crippen LogP contribution is 2.49. The molecule has 1 aromatic heterocycles. The fourth-order valence-electron chi connectivity index (χ4n) is 3.98. The SMILES string of the molecule is COc1cccc(C(NC(=O)C(C)c2ccc(NS(C)(=O)=O)c(F)c2)(c2cccnc2)C(F)(F)F)c1OC. The predicted molar refractivity (Wildman–Crippen MR) is 132 cm³/mol. The molecule has 13 heteroatoms. The zero-order valence-electron chi connectivity index (χ0n) is 20.8. The van der Waals surface area contributed by atoms with Crippen molar-refractivity contribution in [2.24, 2.45) is 0 Å². The van der Waals surface area contributed by atoms with Crippen molar-refractivity contribution in [3.05, 3.63) is 83.4 Å². The largest absolute Gasteiger partial charge is 0.493 e. The minimum Gasteiger partial charge on any atom is -0.493 e. The number of alkyl halides is 3. The fraction of sp³-hybridized carbons (Fsp3) is 0.280. The molecule has 2 aromatic carbocycles. The van der Waals surface area contributed by atoms with Gasteiger partial charge in [-0.05, 0) is 36.8 Å². The van der Waals surface area contributed by atoms with Crippen LogP contribution in [0.5, 0.6) is 11.5 Å². The minimum absolute atomic E-state index is 0.000786. The van der Waals surface area contributed by atoms with Gasteiger partial charge >= 0.3 is 6.18 Å². The standard InChI is InChI=1S/C25H25F4N3O5S/c1-15(16-10-11-20(19(26)13-16)32-38(4,34)35)23(33)31-24(25(27,28)29,17-7-6-12-30-14-17)18-8-5-9-21(36-2)22(18)37-3/h5-15,32H,1-4H3,(H,31,33). The number of para-hydroxylation sites is 1. The molecular weight excluding hydrogens is 530 g/mol. The number of anilines is 1. The number of sulfonamides is 1. The molecule has 0 aliphatic heterocycles. The van der Waals surface area contributed by atoms with Gasteiger partial charge < -0.3 is 14.8 Å². The fourth-order valence-corrected chi connectivity index (χ4v) is 4.54. The maximum atomic E-state index is 15.1. The van der Waals surface area contributed by atoms with Crippen molar-refractivity contribution >= 4 is 21.6 Å². The van der Waals surface area contributed by atoms with E-state index in [0.29, 0.717) is 0 Å². The van der Waals surface area contributed by atoms with Crippen LogP contribution in [0, 0.1) is 5.82 Å². The topological polar surface area (TPSA) is 107 Å². The molecule has 2 atom stereocenters. The molecule has 0 aliphatic rings. The lowest BCUT2D eigenvalue weighted by Gasteiger charge is -2.39. The number of nitrogens with zero attached hydrogens (tertiary/aromatic N) is 1. The van der Waals surface area contributed by atoms with Crippen molar-refractivity contribution in [2.45, 2.75) is 24.6 Å². The molecule has 0 aliphatic carbocycles.